The molecule has 21 heavy (non-hydrogen) atoms. The maximum absolute atomic E-state index is 9.34. The number of nitrogens with zero attached hydrogens (tertiary/aromatic N) is 2. The Kier molecular flexibility index (Phi) is 4.14. The Labute approximate surface area is 137 Å². The van der Waals surface area contributed by atoms with Gasteiger partial charge in [0.1, 0.15) is 11.9 Å². The Balaban J connectivity index is 1.97. The standard InChI is InChI=1S/C16H13BrClN3/c17-13-8-12(5-6-14(13)18)20-16-11(9-19)7-10-3-1-2-4-15(10)21-16/h5-8H,1-4H2,(H,20,21). The highest BCUT2D eigenvalue weighted by molar-refractivity contribution is 9.10. The van der Waals surface area contributed by atoms with E-state index in [1.807, 2.05) is 18.2 Å². The van der Waals surface area contributed by atoms with Gasteiger partial charge in [-0.2, -0.15) is 5.26 Å². The smallest absolute Gasteiger partial charge is 0.148 e. The molecule has 0 bridgehead atoms. The van der Waals surface area contributed by atoms with E-state index in [-0.39, 0.29) is 0 Å². The molecular formula is C16H13BrClN3. The lowest BCUT2D eigenvalue weighted by Crippen LogP contribution is -2.08. The van der Waals surface area contributed by atoms with Crippen LogP contribution in [0.25, 0.3) is 0 Å². The van der Waals surface area contributed by atoms with Crippen molar-refractivity contribution >= 4 is 39.0 Å². The molecule has 3 rings (SSSR count). The molecule has 2 aromatic rings. The van der Waals surface area contributed by atoms with Crippen molar-refractivity contribution in [2.24, 2.45) is 0 Å². The van der Waals surface area contributed by atoms with Crippen LogP contribution in [0.2, 0.25) is 5.02 Å². The van der Waals surface area contributed by atoms with Gasteiger partial charge in [-0.15, -0.1) is 0 Å². The van der Waals surface area contributed by atoms with Crippen molar-refractivity contribution in [1.29, 1.82) is 5.26 Å². The number of aryl methyl sites for hydroxylation is 2. The molecule has 1 aromatic carbocycles. The fourth-order valence-electron chi connectivity index (χ4n) is 2.52. The van der Waals surface area contributed by atoms with Gasteiger partial charge in [0.05, 0.1) is 10.6 Å². The molecule has 1 aliphatic carbocycles. The monoisotopic (exact) mass is 361 g/mol. The van der Waals surface area contributed by atoms with Crippen molar-refractivity contribution < 1.29 is 0 Å². The molecule has 3 nitrogen and oxygen atoms in total. The normalized spacial score (nSPS) is 13.4. The summed E-state index contributed by atoms with van der Waals surface area (Å²) in [7, 11) is 0. The van der Waals surface area contributed by atoms with E-state index in [0.29, 0.717) is 16.4 Å². The summed E-state index contributed by atoms with van der Waals surface area (Å²) in [5, 5.41) is 13.2. The zero-order valence-electron chi connectivity index (χ0n) is 11.3. The summed E-state index contributed by atoms with van der Waals surface area (Å²) < 4.78 is 0.811. The van der Waals surface area contributed by atoms with Gasteiger partial charge in [0.2, 0.25) is 0 Å². The first-order chi connectivity index (χ1) is 10.2. The quantitative estimate of drug-likeness (QED) is 0.818. The van der Waals surface area contributed by atoms with Crippen LogP contribution in [0.4, 0.5) is 11.5 Å². The summed E-state index contributed by atoms with van der Waals surface area (Å²) in [5.74, 6) is 0.618. The second-order valence-corrected chi connectivity index (χ2v) is 6.32. The predicted molar refractivity (Wildman–Crippen MR) is 88.0 cm³/mol. The summed E-state index contributed by atoms with van der Waals surface area (Å²) in [6.07, 6.45) is 4.35. The average molecular weight is 363 g/mol. The lowest BCUT2D eigenvalue weighted by Gasteiger charge is -2.17. The number of nitrogens with one attached hydrogen (secondary N) is 1. The van der Waals surface area contributed by atoms with Crippen molar-refractivity contribution in [3.63, 3.8) is 0 Å². The number of rotatable bonds is 2. The van der Waals surface area contributed by atoms with E-state index in [2.05, 4.69) is 32.3 Å². The minimum atomic E-state index is 0.585. The molecule has 0 unspecified atom stereocenters. The number of benzene rings is 1. The molecule has 0 amide bonds. The number of nitriles is 1. The van der Waals surface area contributed by atoms with Gasteiger partial charge in [-0.3, -0.25) is 0 Å². The molecule has 5 heteroatoms. The van der Waals surface area contributed by atoms with Crippen molar-refractivity contribution in [3.8, 4) is 6.07 Å². The van der Waals surface area contributed by atoms with E-state index in [9.17, 15) is 5.26 Å². The molecule has 1 N–H and O–H groups in total. The summed E-state index contributed by atoms with van der Waals surface area (Å²) in [4.78, 5) is 4.65. The molecule has 0 saturated carbocycles. The average Bonchev–Trinajstić information content (AvgIpc) is 2.50. The Morgan fingerprint density at radius 3 is 2.81 bits per heavy atom. The van der Waals surface area contributed by atoms with Crippen molar-refractivity contribution in [2.45, 2.75) is 25.7 Å². The number of halogens is 2. The van der Waals surface area contributed by atoms with Crippen LogP contribution in [0.15, 0.2) is 28.7 Å². The SMILES string of the molecule is N#Cc1cc2c(nc1Nc1ccc(Cl)c(Br)c1)CCCC2. The number of fused-ring (bicyclic) bond motifs is 1. The van der Waals surface area contributed by atoms with Gasteiger partial charge in [-0.1, -0.05) is 11.6 Å². The second-order valence-electron chi connectivity index (χ2n) is 5.06. The molecule has 0 fully saturated rings. The third-order valence-electron chi connectivity index (χ3n) is 3.60. The molecule has 0 aliphatic heterocycles. The van der Waals surface area contributed by atoms with E-state index in [0.717, 1.165) is 35.1 Å². The van der Waals surface area contributed by atoms with Gasteiger partial charge in [0, 0.05) is 15.9 Å². The highest BCUT2D eigenvalue weighted by Crippen LogP contribution is 2.29. The molecule has 0 spiro atoms. The fraction of sp³-hybridized carbons (Fsp3) is 0.250. The van der Waals surface area contributed by atoms with Crippen molar-refractivity contribution in [3.05, 3.63) is 50.6 Å². The largest absolute Gasteiger partial charge is 0.339 e. The third kappa shape index (κ3) is 3.04. The number of pyridine rings is 1. The number of hydrogen-bond donors (Lipinski definition) is 1. The topological polar surface area (TPSA) is 48.7 Å². The van der Waals surface area contributed by atoms with E-state index in [1.54, 1.807) is 6.07 Å². The molecule has 1 aliphatic rings. The highest BCUT2D eigenvalue weighted by Gasteiger charge is 2.15. The summed E-state index contributed by atoms with van der Waals surface area (Å²) in [6.45, 7) is 0. The molecule has 106 valence electrons. The van der Waals surface area contributed by atoms with Crippen LogP contribution in [-0.2, 0) is 12.8 Å². The zero-order chi connectivity index (χ0) is 14.8. The summed E-state index contributed by atoms with van der Waals surface area (Å²) >= 11 is 9.39. The lowest BCUT2D eigenvalue weighted by atomic mass is 9.95. The number of anilines is 2. The first-order valence-electron chi connectivity index (χ1n) is 6.82. The Bertz CT molecular complexity index is 737. The van der Waals surface area contributed by atoms with Crippen LogP contribution in [0, 0.1) is 11.3 Å². The van der Waals surface area contributed by atoms with Crippen LogP contribution < -0.4 is 5.32 Å². The minimum Gasteiger partial charge on any atom is -0.339 e. The summed E-state index contributed by atoms with van der Waals surface area (Å²) in [5.41, 5.74) is 3.75. The van der Waals surface area contributed by atoms with E-state index in [4.69, 9.17) is 11.6 Å². The molecule has 1 aromatic heterocycles. The maximum Gasteiger partial charge on any atom is 0.148 e. The van der Waals surface area contributed by atoms with E-state index in [1.165, 1.54) is 12.0 Å². The molecule has 0 atom stereocenters. The first kappa shape index (κ1) is 14.4. The van der Waals surface area contributed by atoms with Crippen LogP contribution >= 0.6 is 27.5 Å². The Morgan fingerprint density at radius 1 is 1.24 bits per heavy atom. The molecule has 0 radical (unpaired) electrons. The van der Waals surface area contributed by atoms with E-state index >= 15 is 0 Å². The van der Waals surface area contributed by atoms with Gasteiger partial charge in [-0.25, -0.2) is 4.98 Å². The molecule has 0 saturated heterocycles. The van der Waals surface area contributed by atoms with Gasteiger partial charge < -0.3 is 5.32 Å². The van der Waals surface area contributed by atoms with Crippen molar-refractivity contribution in [1.82, 2.24) is 4.98 Å². The van der Waals surface area contributed by atoms with Crippen LogP contribution in [-0.4, -0.2) is 4.98 Å². The third-order valence-corrected chi connectivity index (χ3v) is 4.82. The fourth-order valence-corrected chi connectivity index (χ4v) is 3.02. The minimum absolute atomic E-state index is 0.585. The van der Waals surface area contributed by atoms with Gasteiger partial charge in [-0.05, 0) is 71.4 Å². The lowest BCUT2D eigenvalue weighted by molar-refractivity contribution is 0.668. The number of hydrogen-bond acceptors (Lipinski definition) is 3. The predicted octanol–water partition coefficient (Wildman–Crippen LogP) is 4.99. The number of aromatic nitrogens is 1. The molecular weight excluding hydrogens is 350 g/mol. The van der Waals surface area contributed by atoms with Gasteiger partial charge in [0.25, 0.3) is 0 Å². The van der Waals surface area contributed by atoms with Crippen LogP contribution in [0.5, 0.6) is 0 Å². The zero-order valence-corrected chi connectivity index (χ0v) is 13.6. The van der Waals surface area contributed by atoms with Gasteiger partial charge >= 0.3 is 0 Å². The molecule has 1 heterocycles. The van der Waals surface area contributed by atoms with Crippen LogP contribution in [0.1, 0.15) is 29.7 Å². The van der Waals surface area contributed by atoms with E-state index < -0.39 is 0 Å². The van der Waals surface area contributed by atoms with Crippen LogP contribution in [0.3, 0.4) is 0 Å². The Morgan fingerprint density at radius 2 is 2.05 bits per heavy atom. The maximum atomic E-state index is 9.34. The Hall–Kier alpha value is -1.57. The highest BCUT2D eigenvalue weighted by atomic mass is 79.9. The first-order valence-corrected chi connectivity index (χ1v) is 7.99. The van der Waals surface area contributed by atoms with Gasteiger partial charge in [0.15, 0.2) is 0 Å². The summed E-state index contributed by atoms with van der Waals surface area (Å²) in [6, 6.07) is 9.75. The van der Waals surface area contributed by atoms with Crippen molar-refractivity contribution in [2.75, 3.05) is 5.32 Å². The second kappa shape index (κ2) is 6.05.